The Morgan fingerprint density at radius 2 is 1.90 bits per heavy atom. The quantitative estimate of drug-likeness (QED) is 0.783. The van der Waals surface area contributed by atoms with Crippen LogP contribution < -0.4 is 5.32 Å². The molecule has 1 atom stereocenters. The summed E-state index contributed by atoms with van der Waals surface area (Å²) in [6.07, 6.45) is 3.28. The van der Waals surface area contributed by atoms with Gasteiger partial charge in [-0.1, -0.05) is 30.7 Å². The molecule has 0 amide bonds. The summed E-state index contributed by atoms with van der Waals surface area (Å²) in [4.78, 5) is 0. The SMILES string of the molecule is CC1CCC(O)(CNCC(O)c2ccc(Cl)cc2)CC1. The smallest absolute Gasteiger partial charge is 0.0914 e. The lowest BCUT2D eigenvalue weighted by Crippen LogP contribution is -2.44. The van der Waals surface area contributed by atoms with E-state index >= 15 is 0 Å². The number of aliphatic hydroxyl groups is 2. The molecule has 3 nitrogen and oxygen atoms in total. The molecule has 0 saturated heterocycles. The minimum absolute atomic E-state index is 0.444. The maximum atomic E-state index is 10.4. The van der Waals surface area contributed by atoms with E-state index in [2.05, 4.69) is 12.2 Å². The number of hydrogen-bond acceptors (Lipinski definition) is 3. The van der Waals surface area contributed by atoms with Gasteiger partial charge in [0.05, 0.1) is 11.7 Å². The van der Waals surface area contributed by atoms with Gasteiger partial charge < -0.3 is 15.5 Å². The van der Waals surface area contributed by atoms with Gasteiger partial charge in [0.2, 0.25) is 0 Å². The zero-order valence-electron chi connectivity index (χ0n) is 12.0. The first-order chi connectivity index (χ1) is 9.48. The van der Waals surface area contributed by atoms with Crippen molar-refractivity contribution in [3.8, 4) is 0 Å². The predicted octanol–water partition coefficient (Wildman–Crippen LogP) is 2.90. The Labute approximate surface area is 126 Å². The summed E-state index contributed by atoms with van der Waals surface area (Å²) in [5.41, 5.74) is 0.234. The molecular formula is C16H24ClNO2. The van der Waals surface area contributed by atoms with Gasteiger partial charge in [-0.15, -0.1) is 0 Å². The molecular weight excluding hydrogens is 274 g/mol. The summed E-state index contributed by atoms with van der Waals surface area (Å²) < 4.78 is 0. The number of rotatable bonds is 5. The highest BCUT2D eigenvalue weighted by Gasteiger charge is 2.31. The van der Waals surface area contributed by atoms with E-state index in [0.717, 1.165) is 37.2 Å². The molecule has 1 unspecified atom stereocenters. The summed E-state index contributed by atoms with van der Waals surface area (Å²) in [6, 6.07) is 7.20. The number of hydrogen-bond donors (Lipinski definition) is 3. The molecule has 1 aliphatic rings. The van der Waals surface area contributed by atoms with Crippen molar-refractivity contribution in [2.24, 2.45) is 5.92 Å². The van der Waals surface area contributed by atoms with Gasteiger partial charge in [0.1, 0.15) is 0 Å². The second-order valence-corrected chi connectivity index (χ2v) is 6.54. The average molecular weight is 298 g/mol. The van der Waals surface area contributed by atoms with Crippen LogP contribution in [0.5, 0.6) is 0 Å². The van der Waals surface area contributed by atoms with Gasteiger partial charge in [0.25, 0.3) is 0 Å². The van der Waals surface area contributed by atoms with Crippen LogP contribution in [0.2, 0.25) is 5.02 Å². The third-order valence-corrected chi connectivity index (χ3v) is 4.50. The lowest BCUT2D eigenvalue weighted by atomic mass is 9.79. The molecule has 0 bridgehead atoms. The molecule has 1 aromatic carbocycles. The van der Waals surface area contributed by atoms with Crippen LogP contribution in [0.1, 0.15) is 44.3 Å². The Morgan fingerprint density at radius 1 is 1.30 bits per heavy atom. The van der Waals surface area contributed by atoms with Gasteiger partial charge in [0.15, 0.2) is 0 Å². The molecule has 1 aromatic rings. The fourth-order valence-electron chi connectivity index (χ4n) is 2.72. The lowest BCUT2D eigenvalue weighted by Gasteiger charge is -2.35. The van der Waals surface area contributed by atoms with E-state index < -0.39 is 11.7 Å². The summed E-state index contributed by atoms with van der Waals surface area (Å²) in [6.45, 7) is 3.22. The Kier molecular flexibility index (Phi) is 5.44. The molecule has 3 N–H and O–H groups in total. The van der Waals surface area contributed by atoms with Gasteiger partial charge in [-0.05, 0) is 49.3 Å². The van der Waals surface area contributed by atoms with Crippen molar-refractivity contribution in [1.29, 1.82) is 0 Å². The zero-order valence-corrected chi connectivity index (χ0v) is 12.7. The van der Waals surface area contributed by atoms with Crippen molar-refractivity contribution in [2.75, 3.05) is 13.1 Å². The number of aliphatic hydroxyl groups excluding tert-OH is 1. The van der Waals surface area contributed by atoms with Crippen molar-refractivity contribution in [3.63, 3.8) is 0 Å². The fraction of sp³-hybridized carbons (Fsp3) is 0.625. The average Bonchev–Trinajstić information content (AvgIpc) is 2.43. The van der Waals surface area contributed by atoms with Crippen LogP contribution in [0, 0.1) is 5.92 Å². The minimum atomic E-state index is -0.605. The fourth-order valence-corrected chi connectivity index (χ4v) is 2.85. The number of nitrogens with one attached hydrogen (secondary N) is 1. The second-order valence-electron chi connectivity index (χ2n) is 6.11. The Morgan fingerprint density at radius 3 is 2.50 bits per heavy atom. The largest absolute Gasteiger partial charge is 0.389 e. The van der Waals surface area contributed by atoms with Crippen molar-refractivity contribution < 1.29 is 10.2 Å². The molecule has 0 radical (unpaired) electrons. The van der Waals surface area contributed by atoms with Crippen LogP contribution in [-0.4, -0.2) is 28.9 Å². The molecule has 1 aliphatic carbocycles. The molecule has 1 fully saturated rings. The first kappa shape index (κ1) is 15.8. The first-order valence-electron chi connectivity index (χ1n) is 7.35. The first-order valence-corrected chi connectivity index (χ1v) is 7.73. The normalized spacial score (nSPS) is 28.3. The predicted molar refractivity (Wildman–Crippen MR) is 81.9 cm³/mol. The molecule has 4 heteroatoms. The second kappa shape index (κ2) is 6.90. The summed E-state index contributed by atoms with van der Waals surface area (Å²) >= 11 is 5.82. The minimum Gasteiger partial charge on any atom is -0.389 e. The molecule has 112 valence electrons. The highest BCUT2D eigenvalue weighted by atomic mass is 35.5. The van der Waals surface area contributed by atoms with Crippen LogP contribution in [0.3, 0.4) is 0 Å². The topological polar surface area (TPSA) is 52.5 Å². The third kappa shape index (κ3) is 4.45. The Balaban J connectivity index is 1.76. The Hall–Kier alpha value is -0.610. The molecule has 0 spiro atoms. The Bertz CT molecular complexity index is 413. The molecule has 0 aromatic heterocycles. The molecule has 0 heterocycles. The summed E-state index contributed by atoms with van der Waals surface area (Å²) in [7, 11) is 0. The number of benzene rings is 1. The highest BCUT2D eigenvalue weighted by molar-refractivity contribution is 6.30. The van der Waals surface area contributed by atoms with Crippen molar-refractivity contribution in [1.82, 2.24) is 5.32 Å². The molecule has 0 aliphatic heterocycles. The maximum absolute atomic E-state index is 10.4. The van der Waals surface area contributed by atoms with Crippen LogP contribution in [0.4, 0.5) is 0 Å². The van der Waals surface area contributed by atoms with E-state index in [1.165, 1.54) is 0 Å². The van der Waals surface area contributed by atoms with E-state index in [1.807, 2.05) is 12.1 Å². The van der Waals surface area contributed by atoms with Gasteiger partial charge in [-0.25, -0.2) is 0 Å². The molecule has 2 rings (SSSR count). The van der Waals surface area contributed by atoms with Gasteiger partial charge in [0, 0.05) is 18.1 Å². The standard InChI is InChI=1S/C16H24ClNO2/c1-12-6-8-16(20,9-7-12)11-18-10-15(19)13-2-4-14(17)5-3-13/h2-5,12,15,18-20H,6-11H2,1H3. The lowest BCUT2D eigenvalue weighted by molar-refractivity contribution is -0.00803. The van der Waals surface area contributed by atoms with Crippen LogP contribution >= 0.6 is 11.6 Å². The number of halogens is 1. The van der Waals surface area contributed by atoms with Crippen LogP contribution in [0.25, 0.3) is 0 Å². The van der Waals surface area contributed by atoms with Crippen molar-refractivity contribution in [3.05, 3.63) is 34.9 Å². The van der Waals surface area contributed by atoms with Gasteiger partial charge >= 0.3 is 0 Å². The van der Waals surface area contributed by atoms with Crippen molar-refractivity contribution in [2.45, 2.75) is 44.3 Å². The van der Waals surface area contributed by atoms with E-state index in [-0.39, 0.29) is 0 Å². The van der Waals surface area contributed by atoms with Gasteiger partial charge in [-0.2, -0.15) is 0 Å². The van der Waals surface area contributed by atoms with E-state index in [9.17, 15) is 10.2 Å². The monoisotopic (exact) mass is 297 g/mol. The van der Waals surface area contributed by atoms with Crippen molar-refractivity contribution >= 4 is 11.6 Å². The molecule has 20 heavy (non-hydrogen) atoms. The summed E-state index contributed by atoms with van der Waals surface area (Å²) in [5, 5.41) is 24.4. The summed E-state index contributed by atoms with van der Waals surface area (Å²) in [5.74, 6) is 0.718. The highest BCUT2D eigenvalue weighted by Crippen LogP contribution is 2.31. The third-order valence-electron chi connectivity index (χ3n) is 4.25. The van der Waals surface area contributed by atoms with E-state index in [4.69, 9.17) is 11.6 Å². The van der Waals surface area contributed by atoms with Crippen LogP contribution in [-0.2, 0) is 0 Å². The maximum Gasteiger partial charge on any atom is 0.0914 e. The van der Waals surface area contributed by atoms with E-state index in [1.54, 1.807) is 12.1 Å². The van der Waals surface area contributed by atoms with Gasteiger partial charge in [-0.3, -0.25) is 0 Å². The van der Waals surface area contributed by atoms with E-state index in [0.29, 0.717) is 18.1 Å². The van der Waals surface area contributed by atoms with Crippen LogP contribution in [0.15, 0.2) is 24.3 Å². The zero-order chi connectivity index (χ0) is 14.6. The molecule has 1 saturated carbocycles.